The summed E-state index contributed by atoms with van der Waals surface area (Å²) < 4.78 is 0. The Hall–Kier alpha value is -3.35. The summed E-state index contributed by atoms with van der Waals surface area (Å²) in [7, 11) is 0. The smallest absolute Gasteiger partial charge is 0.253 e. The minimum Gasteiger partial charge on any atom is -0.376 e. The van der Waals surface area contributed by atoms with Gasteiger partial charge in [0.2, 0.25) is 5.91 Å². The fourth-order valence-corrected chi connectivity index (χ4v) is 2.99. The Bertz CT molecular complexity index is 909. The van der Waals surface area contributed by atoms with Crippen molar-refractivity contribution in [3.63, 3.8) is 0 Å². The van der Waals surface area contributed by atoms with E-state index >= 15 is 0 Å². The Morgan fingerprint density at radius 2 is 1.52 bits per heavy atom. The van der Waals surface area contributed by atoms with Crippen LogP contribution in [0.2, 0.25) is 0 Å². The van der Waals surface area contributed by atoms with Gasteiger partial charge in [-0.2, -0.15) is 0 Å². The molecule has 0 spiro atoms. The molecule has 0 aliphatic rings. The molecule has 0 saturated heterocycles. The van der Waals surface area contributed by atoms with Crippen molar-refractivity contribution in [2.75, 3.05) is 30.3 Å². The van der Waals surface area contributed by atoms with Crippen LogP contribution < -0.4 is 16.0 Å². The molecule has 0 fully saturated rings. The second-order valence-electron chi connectivity index (χ2n) is 7.32. The molecule has 3 N–H and O–H groups in total. The van der Waals surface area contributed by atoms with E-state index in [1.165, 1.54) is 0 Å². The van der Waals surface area contributed by atoms with E-state index in [1.807, 2.05) is 27.7 Å². The predicted octanol–water partition coefficient (Wildman–Crippen LogP) is 3.75. The molecule has 1 unspecified atom stereocenters. The van der Waals surface area contributed by atoms with Gasteiger partial charge in [-0.05, 0) is 63.6 Å². The van der Waals surface area contributed by atoms with Crippen molar-refractivity contribution >= 4 is 29.1 Å². The van der Waals surface area contributed by atoms with Crippen LogP contribution in [-0.2, 0) is 4.79 Å². The van der Waals surface area contributed by atoms with Gasteiger partial charge in [-0.1, -0.05) is 19.1 Å². The highest BCUT2D eigenvalue weighted by Gasteiger charge is 2.13. The zero-order chi connectivity index (χ0) is 22.8. The van der Waals surface area contributed by atoms with E-state index in [2.05, 4.69) is 16.0 Å². The Labute approximate surface area is 184 Å². The zero-order valence-corrected chi connectivity index (χ0v) is 18.7. The largest absolute Gasteiger partial charge is 0.376 e. The first-order valence-electron chi connectivity index (χ1n) is 10.7. The number of carbonyl (C=O) groups excluding carboxylic acids is 3. The maximum atomic E-state index is 12.5. The summed E-state index contributed by atoms with van der Waals surface area (Å²) in [6.07, 6.45) is 0.853. The molecule has 0 aliphatic carbocycles. The Balaban J connectivity index is 1.95. The number of rotatable bonds is 10. The predicted molar refractivity (Wildman–Crippen MR) is 124 cm³/mol. The molecule has 166 valence electrons. The number of nitrogens with one attached hydrogen (secondary N) is 3. The van der Waals surface area contributed by atoms with Gasteiger partial charge in [-0.25, -0.2) is 0 Å². The van der Waals surface area contributed by atoms with E-state index in [0.29, 0.717) is 35.6 Å². The van der Waals surface area contributed by atoms with Crippen LogP contribution in [0.1, 0.15) is 54.8 Å². The minimum absolute atomic E-state index is 0.0324. The number of benzene rings is 2. The fraction of sp³-hybridized carbons (Fsp3) is 0.375. The summed E-state index contributed by atoms with van der Waals surface area (Å²) in [5.74, 6) is -0.453. The molecule has 7 nitrogen and oxygen atoms in total. The maximum absolute atomic E-state index is 12.5. The highest BCUT2D eigenvalue weighted by molar-refractivity contribution is 5.98. The second-order valence-corrected chi connectivity index (χ2v) is 7.32. The Kier molecular flexibility index (Phi) is 9.06. The summed E-state index contributed by atoms with van der Waals surface area (Å²) >= 11 is 0. The number of anilines is 2. The molecular formula is C24H32N4O3. The van der Waals surface area contributed by atoms with E-state index in [9.17, 15) is 14.4 Å². The van der Waals surface area contributed by atoms with E-state index in [-0.39, 0.29) is 30.3 Å². The van der Waals surface area contributed by atoms with Crippen molar-refractivity contribution in [1.29, 1.82) is 0 Å². The molecule has 2 aromatic rings. The molecule has 7 heteroatoms. The third kappa shape index (κ3) is 7.13. The number of amides is 3. The van der Waals surface area contributed by atoms with Gasteiger partial charge in [-0.3, -0.25) is 14.4 Å². The van der Waals surface area contributed by atoms with E-state index in [4.69, 9.17) is 0 Å². The molecule has 3 amide bonds. The first-order valence-corrected chi connectivity index (χ1v) is 10.7. The maximum Gasteiger partial charge on any atom is 0.253 e. The highest BCUT2D eigenvalue weighted by Crippen LogP contribution is 2.14. The van der Waals surface area contributed by atoms with Crippen LogP contribution in [0.4, 0.5) is 11.4 Å². The normalized spacial score (nSPS) is 11.4. The monoisotopic (exact) mass is 424 g/mol. The lowest BCUT2D eigenvalue weighted by molar-refractivity contribution is -0.114. The van der Waals surface area contributed by atoms with Crippen LogP contribution in [-0.4, -0.2) is 48.3 Å². The summed E-state index contributed by atoms with van der Waals surface area (Å²) in [5.41, 5.74) is 2.31. The van der Waals surface area contributed by atoms with Crippen molar-refractivity contribution in [2.24, 2.45) is 0 Å². The quantitative estimate of drug-likeness (QED) is 0.542. The molecule has 0 bridgehead atoms. The fourth-order valence-electron chi connectivity index (χ4n) is 2.99. The lowest BCUT2D eigenvalue weighted by Gasteiger charge is -2.19. The van der Waals surface area contributed by atoms with Gasteiger partial charge in [0.15, 0.2) is 0 Å². The standard InChI is InChI=1S/C24H32N4O3/c1-5-17(4)26-23(30)18-10-8-12-20(14-18)25-16-22(29)27-21-13-9-11-19(15-21)24(31)28(6-2)7-3/h8-15,17,25H,5-7,16H2,1-4H3,(H,26,30)(H,27,29). The van der Waals surface area contributed by atoms with E-state index in [1.54, 1.807) is 53.4 Å². The van der Waals surface area contributed by atoms with Crippen LogP contribution in [0.3, 0.4) is 0 Å². The van der Waals surface area contributed by atoms with Crippen LogP contribution in [0.5, 0.6) is 0 Å². The van der Waals surface area contributed by atoms with Crippen molar-refractivity contribution in [1.82, 2.24) is 10.2 Å². The molecule has 31 heavy (non-hydrogen) atoms. The lowest BCUT2D eigenvalue weighted by Crippen LogP contribution is -2.32. The van der Waals surface area contributed by atoms with Gasteiger partial charge < -0.3 is 20.9 Å². The van der Waals surface area contributed by atoms with Gasteiger partial charge in [-0.15, -0.1) is 0 Å². The molecule has 0 aliphatic heterocycles. The van der Waals surface area contributed by atoms with Crippen LogP contribution >= 0.6 is 0 Å². The van der Waals surface area contributed by atoms with Crippen molar-refractivity contribution in [3.8, 4) is 0 Å². The van der Waals surface area contributed by atoms with Gasteiger partial charge in [0, 0.05) is 41.6 Å². The van der Waals surface area contributed by atoms with Crippen molar-refractivity contribution in [3.05, 3.63) is 59.7 Å². The summed E-state index contributed by atoms with van der Waals surface area (Å²) in [4.78, 5) is 38.9. The van der Waals surface area contributed by atoms with Crippen LogP contribution in [0.15, 0.2) is 48.5 Å². The molecule has 0 saturated carbocycles. The van der Waals surface area contributed by atoms with Gasteiger partial charge in [0.1, 0.15) is 0 Å². The molecule has 0 radical (unpaired) electrons. The van der Waals surface area contributed by atoms with Crippen molar-refractivity contribution in [2.45, 2.75) is 40.2 Å². The van der Waals surface area contributed by atoms with Crippen LogP contribution in [0, 0.1) is 0 Å². The third-order valence-corrected chi connectivity index (χ3v) is 5.01. The number of hydrogen-bond donors (Lipinski definition) is 3. The van der Waals surface area contributed by atoms with Crippen molar-refractivity contribution < 1.29 is 14.4 Å². The Morgan fingerprint density at radius 3 is 2.16 bits per heavy atom. The molecule has 0 heterocycles. The number of carbonyl (C=O) groups is 3. The summed E-state index contributed by atoms with van der Waals surface area (Å²) in [6, 6.07) is 14.0. The average Bonchev–Trinajstić information content (AvgIpc) is 2.78. The zero-order valence-electron chi connectivity index (χ0n) is 18.7. The molecule has 0 aromatic heterocycles. The van der Waals surface area contributed by atoms with E-state index in [0.717, 1.165) is 6.42 Å². The molecule has 1 atom stereocenters. The van der Waals surface area contributed by atoms with Gasteiger partial charge in [0.05, 0.1) is 6.54 Å². The third-order valence-electron chi connectivity index (χ3n) is 5.01. The van der Waals surface area contributed by atoms with E-state index < -0.39 is 0 Å². The topological polar surface area (TPSA) is 90.5 Å². The molecule has 2 aromatic carbocycles. The summed E-state index contributed by atoms with van der Waals surface area (Å²) in [6.45, 7) is 9.12. The molecule has 2 rings (SSSR count). The number of hydrogen-bond acceptors (Lipinski definition) is 4. The first-order chi connectivity index (χ1) is 14.9. The summed E-state index contributed by atoms with van der Waals surface area (Å²) in [5, 5.41) is 8.76. The molecular weight excluding hydrogens is 392 g/mol. The minimum atomic E-state index is -0.248. The average molecular weight is 425 g/mol. The lowest BCUT2D eigenvalue weighted by atomic mass is 10.1. The Morgan fingerprint density at radius 1 is 0.903 bits per heavy atom. The van der Waals surface area contributed by atoms with Gasteiger partial charge in [0.25, 0.3) is 11.8 Å². The second kappa shape index (κ2) is 11.7. The first kappa shape index (κ1) is 23.9. The SMILES string of the molecule is CCC(C)NC(=O)c1cccc(NCC(=O)Nc2cccc(C(=O)N(CC)CC)c2)c1. The van der Waals surface area contributed by atoms with Gasteiger partial charge >= 0.3 is 0 Å². The van der Waals surface area contributed by atoms with Crippen LogP contribution in [0.25, 0.3) is 0 Å². The highest BCUT2D eigenvalue weighted by atomic mass is 16.2. The number of nitrogens with zero attached hydrogens (tertiary/aromatic N) is 1.